The molecule has 4 rings (SSSR count). The van der Waals surface area contributed by atoms with Crippen LogP contribution in [-0.2, 0) is 5.41 Å². The van der Waals surface area contributed by atoms with E-state index in [4.69, 9.17) is 9.47 Å². The fraction of sp³-hybridized carbons (Fsp3) is 0.0968. The van der Waals surface area contributed by atoms with Gasteiger partial charge in [0, 0.05) is 27.7 Å². The van der Waals surface area contributed by atoms with Crippen LogP contribution in [0.1, 0.15) is 66.4 Å². The van der Waals surface area contributed by atoms with Crippen molar-refractivity contribution in [1.82, 2.24) is 0 Å². The third-order valence-electron chi connectivity index (χ3n) is 6.50. The standard InChI is InChI=1S/C31H24O10/c1-31(2,17-6-10-19(11-7-17)40-21-14-15-22(27(32)33)24(16-21)29(36)37)18-8-12-20(13-9-18)41-25-5-3-4-23(28(34)35)26(25)30(38)39/h3-16H,1-2H3,(H,32,33)(H,34,35)(H,36,37)(H,38,39)/p-4. The second kappa shape index (κ2) is 11.2. The van der Waals surface area contributed by atoms with Gasteiger partial charge in [0.05, 0.1) is 23.9 Å². The molecule has 0 unspecified atom stereocenters. The lowest BCUT2D eigenvalue weighted by atomic mass is 9.78. The van der Waals surface area contributed by atoms with Crippen LogP contribution in [0, 0.1) is 0 Å². The molecule has 4 aromatic rings. The summed E-state index contributed by atoms with van der Waals surface area (Å²) in [7, 11) is 0. The average molecular weight is 552 g/mol. The van der Waals surface area contributed by atoms with Crippen molar-refractivity contribution in [2.24, 2.45) is 0 Å². The topological polar surface area (TPSA) is 179 Å². The van der Waals surface area contributed by atoms with Gasteiger partial charge in [0.1, 0.15) is 23.0 Å². The number of hydrogen-bond donors (Lipinski definition) is 0. The zero-order chi connectivity index (χ0) is 29.9. The van der Waals surface area contributed by atoms with E-state index < -0.39 is 51.5 Å². The summed E-state index contributed by atoms with van der Waals surface area (Å²) in [6.07, 6.45) is 0. The van der Waals surface area contributed by atoms with E-state index in [2.05, 4.69) is 0 Å². The molecule has 0 N–H and O–H groups in total. The number of hydrogen-bond acceptors (Lipinski definition) is 10. The van der Waals surface area contributed by atoms with Gasteiger partial charge in [-0.3, -0.25) is 0 Å². The number of rotatable bonds is 10. The third kappa shape index (κ3) is 6.01. The zero-order valence-corrected chi connectivity index (χ0v) is 21.7. The number of aromatic carboxylic acids is 4. The maximum atomic E-state index is 11.5. The maximum Gasteiger partial charge on any atom is 0.137 e. The molecule has 10 nitrogen and oxygen atoms in total. The van der Waals surface area contributed by atoms with Crippen LogP contribution in [0.3, 0.4) is 0 Å². The van der Waals surface area contributed by atoms with Gasteiger partial charge in [-0.15, -0.1) is 0 Å². The van der Waals surface area contributed by atoms with E-state index in [-0.39, 0.29) is 17.2 Å². The molecule has 0 amide bonds. The minimum atomic E-state index is -1.71. The highest BCUT2D eigenvalue weighted by Crippen LogP contribution is 2.35. The van der Waals surface area contributed by atoms with Gasteiger partial charge in [-0.1, -0.05) is 50.2 Å². The van der Waals surface area contributed by atoms with Gasteiger partial charge < -0.3 is 49.1 Å². The highest BCUT2D eigenvalue weighted by Gasteiger charge is 2.23. The minimum absolute atomic E-state index is 0.101. The van der Waals surface area contributed by atoms with Crippen LogP contribution in [-0.4, -0.2) is 23.9 Å². The number of benzene rings is 4. The normalized spacial score (nSPS) is 11.0. The van der Waals surface area contributed by atoms with Crippen molar-refractivity contribution in [3.63, 3.8) is 0 Å². The summed E-state index contributed by atoms with van der Waals surface area (Å²) in [6.45, 7) is 3.95. The Kier molecular flexibility index (Phi) is 7.77. The fourth-order valence-corrected chi connectivity index (χ4v) is 4.24. The summed E-state index contributed by atoms with van der Waals surface area (Å²) in [5.41, 5.74) is -1.00. The Labute approximate surface area is 233 Å². The first-order chi connectivity index (χ1) is 19.4. The Morgan fingerprint density at radius 1 is 0.537 bits per heavy atom. The Morgan fingerprint density at radius 3 is 1.51 bits per heavy atom. The van der Waals surface area contributed by atoms with Gasteiger partial charge in [-0.2, -0.15) is 0 Å². The lowest BCUT2D eigenvalue weighted by molar-refractivity contribution is -0.259. The van der Waals surface area contributed by atoms with E-state index in [1.54, 1.807) is 36.4 Å². The monoisotopic (exact) mass is 552 g/mol. The molecule has 0 spiro atoms. The summed E-state index contributed by atoms with van der Waals surface area (Å²) in [5.74, 6) is -6.15. The van der Waals surface area contributed by atoms with Gasteiger partial charge in [-0.25, -0.2) is 0 Å². The number of carbonyl (C=O) groups is 4. The van der Waals surface area contributed by atoms with Crippen molar-refractivity contribution in [2.45, 2.75) is 19.3 Å². The second-order valence-corrected chi connectivity index (χ2v) is 9.41. The molecule has 208 valence electrons. The number of carboxylic acid groups (broad SMARTS) is 4. The van der Waals surface area contributed by atoms with Gasteiger partial charge in [0.2, 0.25) is 0 Å². The van der Waals surface area contributed by atoms with E-state index >= 15 is 0 Å². The highest BCUT2D eigenvalue weighted by molar-refractivity contribution is 6.02. The van der Waals surface area contributed by atoms with E-state index in [0.29, 0.717) is 5.75 Å². The van der Waals surface area contributed by atoms with Crippen molar-refractivity contribution in [1.29, 1.82) is 0 Å². The molecule has 0 saturated carbocycles. The first kappa shape index (κ1) is 28.4. The van der Waals surface area contributed by atoms with Crippen LogP contribution in [0.25, 0.3) is 0 Å². The van der Waals surface area contributed by atoms with Crippen LogP contribution in [0.5, 0.6) is 23.0 Å². The molecule has 0 atom stereocenters. The molecule has 0 fully saturated rings. The number of ether oxygens (including phenoxy) is 2. The van der Waals surface area contributed by atoms with E-state index in [0.717, 1.165) is 29.3 Å². The largest absolute Gasteiger partial charge is 0.545 e. The smallest absolute Gasteiger partial charge is 0.137 e. The van der Waals surface area contributed by atoms with Crippen LogP contribution in [0.2, 0.25) is 0 Å². The van der Waals surface area contributed by atoms with Crippen molar-refractivity contribution in [2.75, 3.05) is 0 Å². The summed E-state index contributed by atoms with van der Waals surface area (Å²) < 4.78 is 11.3. The van der Waals surface area contributed by atoms with Crippen molar-refractivity contribution in [3.8, 4) is 23.0 Å². The van der Waals surface area contributed by atoms with Gasteiger partial charge in [0.15, 0.2) is 0 Å². The quantitative estimate of drug-likeness (QED) is 0.276. The molecule has 0 aromatic heterocycles. The molecular weight excluding hydrogens is 532 g/mol. The van der Waals surface area contributed by atoms with Crippen LogP contribution in [0.4, 0.5) is 0 Å². The molecule has 0 aliphatic rings. The molecule has 0 aliphatic carbocycles. The molecule has 0 radical (unpaired) electrons. The predicted molar refractivity (Wildman–Crippen MR) is 135 cm³/mol. The molecule has 41 heavy (non-hydrogen) atoms. The summed E-state index contributed by atoms with van der Waals surface area (Å²) >= 11 is 0. The number of carbonyl (C=O) groups excluding carboxylic acids is 4. The maximum absolute atomic E-state index is 11.5. The summed E-state index contributed by atoms with van der Waals surface area (Å²) in [4.78, 5) is 45.3. The molecule has 4 aromatic carbocycles. The zero-order valence-electron chi connectivity index (χ0n) is 21.7. The molecule has 0 aliphatic heterocycles. The fourth-order valence-electron chi connectivity index (χ4n) is 4.24. The predicted octanol–water partition coefficient (Wildman–Crippen LogP) is 1.05. The molecule has 0 bridgehead atoms. The Balaban J connectivity index is 1.52. The Morgan fingerprint density at radius 2 is 1.02 bits per heavy atom. The Hall–Kier alpha value is -5.64. The molecule has 0 heterocycles. The third-order valence-corrected chi connectivity index (χ3v) is 6.50. The van der Waals surface area contributed by atoms with Crippen molar-refractivity contribution >= 4 is 23.9 Å². The second-order valence-electron chi connectivity index (χ2n) is 9.41. The highest BCUT2D eigenvalue weighted by atomic mass is 16.5. The molecular formula is C31H20O10-4. The van der Waals surface area contributed by atoms with E-state index in [1.165, 1.54) is 18.2 Å². The summed E-state index contributed by atoms with van der Waals surface area (Å²) in [5, 5.41) is 45.3. The van der Waals surface area contributed by atoms with Crippen molar-refractivity contribution in [3.05, 3.63) is 118 Å². The lowest BCUT2D eigenvalue weighted by Gasteiger charge is -2.26. The van der Waals surface area contributed by atoms with E-state index in [1.807, 2.05) is 26.0 Å². The van der Waals surface area contributed by atoms with Crippen LogP contribution in [0.15, 0.2) is 84.9 Å². The minimum Gasteiger partial charge on any atom is -0.545 e. The number of carboxylic acids is 4. The van der Waals surface area contributed by atoms with Crippen molar-refractivity contribution < 1.29 is 49.1 Å². The first-order valence-corrected chi connectivity index (χ1v) is 12.1. The van der Waals surface area contributed by atoms with E-state index in [9.17, 15) is 39.6 Å². The van der Waals surface area contributed by atoms with Gasteiger partial charge in [0.25, 0.3) is 0 Å². The summed E-state index contributed by atoms with van der Waals surface area (Å²) in [6, 6.07) is 20.9. The van der Waals surface area contributed by atoms with Gasteiger partial charge in [-0.05, 0) is 59.7 Å². The molecule has 10 heteroatoms. The first-order valence-electron chi connectivity index (χ1n) is 12.1. The van der Waals surface area contributed by atoms with Gasteiger partial charge >= 0.3 is 0 Å². The lowest BCUT2D eigenvalue weighted by Crippen LogP contribution is -2.30. The van der Waals surface area contributed by atoms with Crippen LogP contribution < -0.4 is 29.9 Å². The molecule has 0 saturated heterocycles. The average Bonchev–Trinajstić information content (AvgIpc) is 2.93. The Bertz CT molecular complexity index is 1650. The SMILES string of the molecule is CC(C)(c1ccc(Oc2ccc(C(=O)[O-])c(C(=O)[O-])c2)cc1)c1ccc(Oc2cccc(C(=O)[O-])c2C(=O)[O-])cc1. The van der Waals surface area contributed by atoms with Crippen LogP contribution >= 0.6 is 0 Å².